The minimum atomic E-state index is -4.47. The fourth-order valence-electron chi connectivity index (χ4n) is 3.30. The van der Waals surface area contributed by atoms with E-state index in [-0.39, 0.29) is 41.7 Å². The largest absolute Gasteiger partial charge is 1.00 e. The van der Waals surface area contributed by atoms with Gasteiger partial charge in [-0.2, -0.15) is 0 Å². The zero-order chi connectivity index (χ0) is 22.3. The van der Waals surface area contributed by atoms with E-state index >= 15 is 0 Å². The number of carbonyl (C=O) groups excluding carboxylic acids is 1. The van der Waals surface area contributed by atoms with Crippen molar-refractivity contribution in [1.29, 1.82) is 0 Å². The van der Waals surface area contributed by atoms with Crippen LogP contribution in [0.15, 0.2) is 84.9 Å². The van der Waals surface area contributed by atoms with Crippen LogP contribution < -0.4 is 39.2 Å². The molecule has 4 aromatic carbocycles. The number of aryl methyl sites for hydroxylation is 1. The molecule has 0 amide bonds. The average Bonchev–Trinajstić information content (AvgIpc) is 2.73. The number of aliphatic carboxylic acids is 1. The molecule has 160 valence electrons. The number of carboxylic acids is 1. The fourth-order valence-corrected chi connectivity index (χ4v) is 3.68. The molecule has 0 fully saturated rings. The second-order valence-corrected chi connectivity index (χ2v) is 8.12. The number of hydrogen-bond acceptors (Lipinski definition) is 4. The molecule has 0 aliphatic heterocycles. The summed E-state index contributed by atoms with van der Waals surface area (Å²) < 4.78 is 15.1. The van der Waals surface area contributed by atoms with Crippen molar-refractivity contribution in [3.63, 3.8) is 0 Å². The summed E-state index contributed by atoms with van der Waals surface area (Å²) in [6.45, 7) is 0. The number of benzene rings is 4. The predicted molar refractivity (Wildman–Crippen MR) is 119 cm³/mol. The van der Waals surface area contributed by atoms with E-state index in [1.807, 2.05) is 42.5 Å². The maximum atomic E-state index is 10.6. The fraction of sp³-hybridized carbons (Fsp3) is 0.125. The molecule has 0 unspecified atom stereocenters. The molecule has 4 aromatic rings. The van der Waals surface area contributed by atoms with E-state index in [9.17, 15) is 14.5 Å². The number of fused-ring (bicyclic) bond motifs is 2. The Kier molecular flexibility index (Phi) is 9.91. The zero-order valence-corrected chi connectivity index (χ0v) is 20.6. The number of carbonyl (C=O) groups is 1. The van der Waals surface area contributed by atoms with Gasteiger partial charge in [0.2, 0.25) is 0 Å². The molecule has 0 aliphatic carbocycles. The van der Waals surface area contributed by atoms with Gasteiger partial charge in [-0.1, -0.05) is 72.8 Å². The topological polar surface area (TPSA) is 107 Å². The van der Waals surface area contributed by atoms with Crippen LogP contribution in [0.1, 0.15) is 18.4 Å². The molecule has 0 radical (unpaired) electrons. The van der Waals surface area contributed by atoms with Gasteiger partial charge < -0.3 is 14.4 Å². The quantitative estimate of drug-likeness (QED) is 0.331. The van der Waals surface area contributed by atoms with Gasteiger partial charge in [0, 0.05) is 5.97 Å². The first-order valence-corrected chi connectivity index (χ1v) is 11.3. The number of phosphoric ester groups is 1. The van der Waals surface area contributed by atoms with Crippen LogP contribution in [0.4, 0.5) is 0 Å². The minimum Gasteiger partial charge on any atom is -0.550 e. The molecule has 0 heterocycles. The number of rotatable bonds is 6. The summed E-state index contributed by atoms with van der Waals surface area (Å²) in [6, 6.07) is 26.7. The summed E-state index contributed by atoms with van der Waals surface area (Å²) in [4.78, 5) is 27.6. The van der Waals surface area contributed by atoms with E-state index in [0.717, 1.165) is 17.2 Å². The van der Waals surface area contributed by atoms with Gasteiger partial charge in [0.15, 0.2) is 0 Å². The maximum Gasteiger partial charge on any atom is 1.00 e. The molecule has 0 atom stereocenters. The Balaban J connectivity index is 0.000000220. The Morgan fingerprint density at radius 3 is 2.16 bits per heavy atom. The normalized spacial score (nSPS) is 10.7. The molecule has 6 nitrogen and oxygen atoms in total. The van der Waals surface area contributed by atoms with Gasteiger partial charge in [-0.3, -0.25) is 9.79 Å². The van der Waals surface area contributed by atoms with Crippen molar-refractivity contribution in [2.45, 2.75) is 19.3 Å². The predicted octanol–water partition coefficient (Wildman–Crippen LogP) is 1.23. The standard InChI is InChI=1S/C14H14O2.C10H9O4P.Na/c15-14(16)10-4-8-12-7-3-6-11-5-1-2-9-13(11)12;11-15(12,13)14-10-6-5-8-3-1-2-4-9(8)7-10;/h1-3,5-7,9H,4,8,10H2,(H,15,16);1-7H,(H2,11,12,13);/q;;+1/p-1. The molecule has 32 heavy (non-hydrogen) atoms. The molecule has 0 saturated carbocycles. The summed E-state index contributed by atoms with van der Waals surface area (Å²) in [5.41, 5.74) is 1.21. The van der Waals surface area contributed by atoms with Gasteiger partial charge >= 0.3 is 37.4 Å². The molecule has 0 bridgehead atoms. The summed E-state index contributed by atoms with van der Waals surface area (Å²) in [5, 5.41) is 14.6. The molecule has 0 saturated heterocycles. The van der Waals surface area contributed by atoms with Crippen molar-refractivity contribution in [3.05, 3.63) is 90.5 Å². The van der Waals surface area contributed by atoms with Crippen LogP contribution in [0, 0.1) is 0 Å². The third-order valence-electron chi connectivity index (χ3n) is 4.65. The van der Waals surface area contributed by atoms with Crippen molar-refractivity contribution >= 4 is 35.3 Å². The molecule has 2 N–H and O–H groups in total. The SMILES string of the molecule is O=C([O-])CCCc1cccc2ccccc12.O=P(O)(O)Oc1ccc2ccccc2c1.[Na+]. The second-order valence-electron chi connectivity index (χ2n) is 6.95. The number of phosphoric acid groups is 1. The number of carboxylic acid groups (broad SMARTS) is 1. The zero-order valence-electron chi connectivity index (χ0n) is 17.7. The molecular weight excluding hydrogens is 438 g/mol. The first-order valence-electron chi connectivity index (χ1n) is 9.72. The van der Waals surface area contributed by atoms with Crippen molar-refractivity contribution in [2.75, 3.05) is 0 Å². The van der Waals surface area contributed by atoms with Gasteiger partial charge in [-0.05, 0) is 58.5 Å². The Morgan fingerprint density at radius 2 is 1.47 bits per heavy atom. The summed E-state index contributed by atoms with van der Waals surface area (Å²) in [5.74, 6) is -0.803. The van der Waals surface area contributed by atoms with Crippen molar-refractivity contribution < 1.29 is 58.3 Å². The van der Waals surface area contributed by atoms with Gasteiger partial charge in [0.25, 0.3) is 0 Å². The monoisotopic (exact) mass is 460 g/mol. The first-order chi connectivity index (χ1) is 14.8. The van der Waals surface area contributed by atoms with Gasteiger partial charge in [0.05, 0.1) is 0 Å². The molecule has 8 heteroatoms. The van der Waals surface area contributed by atoms with Gasteiger partial charge in [-0.15, -0.1) is 0 Å². The Hall–Kier alpha value is -2.18. The molecule has 4 rings (SSSR count). The van der Waals surface area contributed by atoms with Crippen molar-refractivity contribution in [2.24, 2.45) is 0 Å². The molecule has 0 aromatic heterocycles. The summed E-state index contributed by atoms with van der Waals surface area (Å²) in [7, 11) is -4.47. The van der Waals surface area contributed by atoms with Crippen LogP contribution in [0.3, 0.4) is 0 Å². The average molecular weight is 460 g/mol. The summed E-state index contributed by atoms with van der Waals surface area (Å²) in [6.07, 6.45) is 1.55. The van der Waals surface area contributed by atoms with Crippen LogP contribution >= 0.6 is 7.82 Å². The van der Waals surface area contributed by atoms with Crippen molar-refractivity contribution in [3.8, 4) is 5.75 Å². The van der Waals surface area contributed by atoms with Crippen LogP contribution in [-0.2, 0) is 15.8 Å². The van der Waals surface area contributed by atoms with Gasteiger partial charge in [0.1, 0.15) is 5.75 Å². The van der Waals surface area contributed by atoms with Crippen molar-refractivity contribution in [1.82, 2.24) is 0 Å². The second kappa shape index (κ2) is 12.2. The summed E-state index contributed by atoms with van der Waals surface area (Å²) >= 11 is 0. The molecule has 0 aliphatic rings. The molecule has 0 spiro atoms. The van der Waals surface area contributed by atoms with E-state index in [1.165, 1.54) is 22.4 Å². The Bertz CT molecular complexity index is 1230. The molecular formula is C24H22NaO6P. The third kappa shape index (κ3) is 8.06. The minimum absolute atomic E-state index is 0. The van der Waals surface area contributed by atoms with E-state index in [2.05, 4.69) is 28.8 Å². The van der Waals surface area contributed by atoms with E-state index < -0.39 is 13.8 Å². The first kappa shape index (κ1) is 26.1. The van der Waals surface area contributed by atoms with E-state index in [0.29, 0.717) is 6.42 Å². The van der Waals surface area contributed by atoms with E-state index in [1.54, 1.807) is 12.1 Å². The van der Waals surface area contributed by atoms with Crippen LogP contribution in [0.2, 0.25) is 0 Å². The van der Waals surface area contributed by atoms with E-state index in [4.69, 9.17) is 9.79 Å². The Morgan fingerprint density at radius 1 is 0.844 bits per heavy atom. The number of hydrogen-bond donors (Lipinski definition) is 2. The van der Waals surface area contributed by atoms with Crippen LogP contribution in [0.5, 0.6) is 5.75 Å². The maximum absolute atomic E-state index is 10.6. The van der Waals surface area contributed by atoms with Gasteiger partial charge in [-0.25, -0.2) is 4.57 Å². The van der Waals surface area contributed by atoms with Crippen LogP contribution in [-0.4, -0.2) is 15.8 Å². The smallest absolute Gasteiger partial charge is 0.550 e. The third-order valence-corrected chi connectivity index (χ3v) is 5.10. The van der Waals surface area contributed by atoms with Crippen LogP contribution in [0.25, 0.3) is 21.5 Å². The Labute approximate surface area is 208 Å².